The van der Waals surface area contributed by atoms with E-state index in [1.165, 1.54) is 4.90 Å². The molecule has 166 valence electrons. The molecule has 0 spiro atoms. The first-order valence-electron chi connectivity index (χ1n) is 10.8. The monoisotopic (exact) mass is 441 g/mol. The average Bonchev–Trinajstić information content (AvgIpc) is 3.42. The zero-order valence-electron chi connectivity index (χ0n) is 18.2. The van der Waals surface area contributed by atoms with Crippen LogP contribution >= 0.6 is 0 Å². The fraction of sp³-hybridized carbons (Fsp3) is 0.185. The van der Waals surface area contributed by atoms with Gasteiger partial charge in [0.15, 0.2) is 0 Å². The molecule has 6 nitrogen and oxygen atoms in total. The molecule has 33 heavy (non-hydrogen) atoms. The van der Waals surface area contributed by atoms with E-state index in [0.29, 0.717) is 17.9 Å². The van der Waals surface area contributed by atoms with E-state index in [1.54, 1.807) is 19.2 Å². The summed E-state index contributed by atoms with van der Waals surface area (Å²) in [6, 6.07) is 21.3. The number of methoxy groups -OCH3 is 1. The molecule has 0 radical (unpaired) electrons. The summed E-state index contributed by atoms with van der Waals surface area (Å²) < 4.78 is 11.0. The summed E-state index contributed by atoms with van der Waals surface area (Å²) in [6.07, 6.45) is 0.737. The second-order valence-electron chi connectivity index (χ2n) is 8.07. The standard InChI is InChI=1S/C27H23NO5/c1-32-21-10-6-5-9-20(21)16-28-24(17-7-3-2-4-8-17)23(26(30)27(28)31)25(29)19-11-12-22-18(15-19)13-14-33-22/h2-12,15,24,29H,13-14,16H2,1H3/b25-23-. The van der Waals surface area contributed by atoms with Crippen molar-refractivity contribution in [3.05, 3.63) is 101 Å². The quantitative estimate of drug-likeness (QED) is 0.364. The van der Waals surface area contributed by atoms with Crippen LogP contribution in [0.5, 0.6) is 11.5 Å². The van der Waals surface area contributed by atoms with Crippen LogP contribution in [0.1, 0.15) is 28.3 Å². The Morgan fingerprint density at radius 2 is 1.82 bits per heavy atom. The van der Waals surface area contributed by atoms with Gasteiger partial charge in [0.2, 0.25) is 0 Å². The molecule has 1 fully saturated rings. The van der Waals surface area contributed by atoms with Crippen molar-refractivity contribution < 1.29 is 24.2 Å². The molecule has 1 N–H and O–H groups in total. The van der Waals surface area contributed by atoms with Crippen molar-refractivity contribution in [2.24, 2.45) is 0 Å². The normalized spacial score (nSPS) is 18.8. The number of rotatable bonds is 5. The lowest BCUT2D eigenvalue weighted by atomic mass is 9.94. The molecule has 3 aromatic carbocycles. The maximum atomic E-state index is 13.2. The molecule has 2 aliphatic heterocycles. The Balaban J connectivity index is 1.63. The molecule has 0 saturated carbocycles. The molecule has 2 heterocycles. The summed E-state index contributed by atoms with van der Waals surface area (Å²) in [7, 11) is 1.57. The number of Topliss-reactive ketones (excluding diaryl/α,β-unsaturated/α-hetero) is 1. The lowest BCUT2D eigenvalue weighted by Gasteiger charge is -2.26. The summed E-state index contributed by atoms with van der Waals surface area (Å²) in [4.78, 5) is 27.9. The molecule has 2 aliphatic rings. The highest BCUT2D eigenvalue weighted by molar-refractivity contribution is 6.46. The van der Waals surface area contributed by atoms with Gasteiger partial charge in [-0.25, -0.2) is 0 Å². The van der Waals surface area contributed by atoms with E-state index in [0.717, 1.165) is 28.9 Å². The fourth-order valence-electron chi connectivity index (χ4n) is 4.53. The number of ether oxygens (including phenoxy) is 2. The summed E-state index contributed by atoms with van der Waals surface area (Å²) >= 11 is 0. The Kier molecular flexibility index (Phi) is 5.34. The lowest BCUT2D eigenvalue weighted by Crippen LogP contribution is -2.29. The highest BCUT2D eigenvalue weighted by atomic mass is 16.5. The van der Waals surface area contributed by atoms with Crippen molar-refractivity contribution in [3.8, 4) is 11.5 Å². The van der Waals surface area contributed by atoms with Crippen molar-refractivity contribution in [1.29, 1.82) is 0 Å². The van der Waals surface area contributed by atoms with Gasteiger partial charge in [0.25, 0.3) is 11.7 Å². The van der Waals surface area contributed by atoms with E-state index in [4.69, 9.17) is 9.47 Å². The first kappa shape index (κ1) is 20.8. The number of ketones is 1. The number of amides is 1. The minimum atomic E-state index is -0.722. The molecule has 1 unspecified atom stereocenters. The number of fused-ring (bicyclic) bond motifs is 1. The second-order valence-corrected chi connectivity index (χ2v) is 8.07. The summed E-state index contributed by atoms with van der Waals surface area (Å²) in [6.45, 7) is 0.760. The van der Waals surface area contributed by atoms with Crippen molar-refractivity contribution in [2.75, 3.05) is 13.7 Å². The van der Waals surface area contributed by atoms with Crippen LogP contribution in [0.25, 0.3) is 5.76 Å². The van der Waals surface area contributed by atoms with Crippen LogP contribution in [-0.2, 0) is 22.6 Å². The topological polar surface area (TPSA) is 76.1 Å². The maximum absolute atomic E-state index is 13.2. The van der Waals surface area contributed by atoms with Crippen LogP contribution in [0, 0.1) is 0 Å². The van der Waals surface area contributed by atoms with Gasteiger partial charge in [-0.1, -0.05) is 48.5 Å². The lowest BCUT2D eigenvalue weighted by molar-refractivity contribution is -0.140. The zero-order chi connectivity index (χ0) is 22.9. The fourth-order valence-corrected chi connectivity index (χ4v) is 4.53. The van der Waals surface area contributed by atoms with Gasteiger partial charge in [0.1, 0.15) is 17.3 Å². The van der Waals surface area contributed by atoms with Crippen molar-refractivity contribution in [1.82, 2.24) is 4.90 Å². The zero-order valence-corrected chi connectivity index (χ0v) is 18.2. The summed E-state index contributed by atoms with van der Waals surface area (Å²) in [5.41, 5.74) is 3.07. The minimum absolute atomic E-state index is 0.0833. The maximum Gasteiger partial charge on any atom is 0.295 e. The number of carbonyl (C=O) groups is 2. The number of hydrogen-bond acceptors (Lipinski definition) is 5. The summed E-state index contributed by atoms with van der Waals surface area (Å²) in [5, 5.41) is 11.3. The predicted molar refractivity (Wildman–Crippen MR) is 123 cm³/mol. The van der Waals surface area contributed by atoms with E-state index >= 15 is 0 Å². The Labute approximate surface area is 191 Å². The molecule has 5 rings (SSSR count). The van der Waals surface area contributed by atoms with Crippen LogP contribution in [0.4, 0.5) is 0 Å². The molecule has 1 saturated heterocycles. The van der Waals surface area contributed by atoms with E-state index < -0.39 is 17.7 Å². The molecular formula is C27H23NO5. The summed E-state index contributed by atoms with van der Waals surface area (Å²) in [5.74, 6) is -0.124. The van der Waals surface area contributed by atoms with Crippen LogP contribution in [0.3, 0.4) is 0 Å². The van der Waals surface area contributed by atoms with Gasteiger partial charge in [0, 0.05) is 17.5 Å². The van der Waals surface area contributed by atoms with Crippen LogP contribution in [0.15, 0.2) is 78.4 Å². The number of para-hydroxylation sites is 1. The predicted octanol–water partition coefficient (Wildman–Crippen LogP) is 4.25. The van der Waals surface area contributed by atoms with Crippen molar-refractivity contribution >= 4 is 17.4 Å². The van der Waals surface area contributed by atoms with E-state index in [9.17, 15) is 14.7 Å². The van der Waals surface area contributed by atoms with Gasteiger partial charge in [0.05, 0.1) is 31.9 Å². The highest BCUT2D eigenvalue weighted by Crippen LogP contribution is 2.41. The van der Waals surface area contributed by atoms with Crippen molar-refractivity contribution in [3.63, 3.8) is 0 Å². The SMILES string of the molecule is COc1ccccc1CN1C(=O)C(=O)/C(=C(\O)c2ccc3c(c2)CCO3)C1c1ccccc1. The molecule has 1 atom stereocenters. The number of nitrogens with zero attached hydrogens (tertiary/aromatic N) is 1. The van der Waals surface area contributed by atoms with Gasteiger partial charge < -0.3 is 19.5 Å². The third-order valence-corrected chi connectivity index (χ3v) is 6.15. The molecule has 1 amide bonds. The number of carbonyl (C=O) groups excluding carboxylic acids is 2. The molecular weight excluding hydrogens is 418 g/mol. The number of aliphatic hydroxyl groups is 1. The Bertz CT molecular complexity index is 1260. The van der Waals surface area contributed by atoms with Gasteiger partial charge in [-0.3, -0.25) is 9.59 Å². The number of aliphatic hydroxyl groups excluding tert-OH is 1. The van der Waals surface area contributed by atoms with Gasteiger partial charge in [-0.05, 0) is 35.4 Å². The Morgan fingerprint density at radius 1 is 1.06 bits per heavy atom. The van der Waals surface area contributed by atoms with Gasteiger partial charge in [-0.15, -0.1) is 0 Å². The Hall–Kier alpha value is -4.06. The van der Waals surface area contributed by atoms with E-state index in [2.05, 4.69) is 0 Å². The first-order valence-corrected chi connectivity index (χ1v) is 10.8. The second kappa shape index (κ2) is 8.47. The molecule has 3 aromatic rings. The van der Waals surface area contributed by atoms with Crippen LogP contribution in [-0.4, -0.2) is 35.4 Å². The third-order valence-electron chi connectivity index (χ3n) is 6.15. The van der Waals surface area contributed by atoms with E-state index in [-0.39, 0.29) is 17.9 Å². The third kappa shape index (κ3) is 3.63. The van der Waals surface area contributed by atoms with Crippen molar-refractivity contribution in [2.45, 2.75) is 19.0 Å². The number of hydrogen-bond donors (Lipinski definition) is 1. The highest BCUT2D eigenvalue weighted by Gasteiger charge is 2.46. The first-order chi connectivity index (χ1) is 16.1. The van der Waals surface area contributed by atoms with Crippen LogP contribution in [0.2, 0.25) is 0 Å². The largest absolute Gasteiger partial charge is 0.507 e. The molecule has 0 bridgehead atoms. The smallest absolute Gasteiger partial charge is 0.295 e. The average molecular weight is 441 g/mol. The van der Waals surface area contributed by atoms with Gasteiger partial charge >= 0.3 is 0 Å². The van der Waals surface area contributed by atoms with Crippen LogP contribution < -0.4 is 9.47 Å². The van der Waals surface area contributed by atoms with E-state index in [1.807, 2.05) is 60.7 Å². The molecule has 0 aromatic heterocycles. The Morgan fingerprint density at radius 3 is 2.61 bits per heavy atom. The number of likely N-dealkylation sites (tertiary alicyclic amines) is 1. The van der Waals surface area contributed by atoms with Gasteiger partial charge in [-0.2, -0.15) is 0 Å². The molecule has 0 aliphatic carbocycles. The minimum Gasteiger partial charge on any atom is -0.507 e. The molecule has 6 heteroatoms. The number of benzene rings is 3.